The van der Waals surface area contributed by atoms with Gasteiger partial charge >= 0.3 is 5.97 Å². The predicted molar refractivity (Wildman–Crippen MR) is 80.0 cm³/mol. The number of aliphatic carboxylic acids is 1. The van der Waals surface area contributed by atoms with Crippen LogP contribution in [0.1, 0.15) is 16.1 Å². The second-order valence-corrected chi connectivity index (χ2v) is 5.51. The molecule has 2 rings (SSSR count). The zero-order valence-electron chi connectivity index (χ0n) is 11.1. The van der Waals surface area contributed by atoms with Crippen molar-refractivity contribution in [3.63, 3.8) is 0 Å². The van der Waals surface area contributed by atoms with Gasteiger partial charge in [0.05, 0.1) is 12.9 Å². The number of nitrogens with two attached hydrogens (primary N) is 1. The zero-order valence-corrected chi connectivity index (χ0v) is 12.7. The lowest BCUT2D eigenvalue weighted by Gasteiger charge is -2.10. The van der Waals surface area contributed by atoms with Crippen LogP contribution in [0.15, 0.2) is 41.3 Å². The Morgan fingerprint density at radius 1 is 1.33 bits per heavy atom. The van der Waals surface area contributed by atoms with E-state index in [-0.39, 0.29) is 18.7 Å². The molecule has 0 saturated heterocycles. The topological polar surface area (TPSA) is 98.2 Å². The third-order valence-electron chi connectivity index (χ3n) is 3.02. The third kappa shape index (κ3) is 3.99. The summed E-state index contributed by atoms with van der Waals surface area (Å²) in [7, 11) is 0. The Bertz CT molecular complexity index is 652. The van der Waals surface area contributed by atoms with Gasteiger partial charge in [0.2, 0.25) is 0 Å². The fourth-order valence-corrected chi connectivity index (χ4v) is 2.12. The number of imidazole rings is 1. The molecule has 1 atom stereocenters. The average molecular weight is 352 g/mol. The number of carboxylic acid groups (broad SMARTS) is 1. The van der Waals surface area contributed by atoms with Gasteiger partial charge in [0.25, 0.3) is 0 Å². The van der Waals surface area contributed by atoms with Crippen molar-refractivity contribution < 1.29 is 14.7 Å². The lowest BCUT2D eigenvalue weighted by molar-refractivity contribution is -0.138. The van der Waals surface area contributed by atoms with Crippen LogP contribution in [0.4, 0.5) is 0 Å². The number of hydrogen-bond acceptors (Lipinski definition) is 4. The van der Waals surface area contributed by atoms with E-state index < -0.39 is 12.0 Å². The molecule has 0 unspecified atom stereocenters. The summed E-state index contributed by atoms with van der Waals surface area (Å²) in [6.45, 7) is 0.101. The molecule has 0 amide bonds. The van der Waals surface area contributed by atoms with Gasteiger partial charge in [-0.2, -0.15) is 0 Å². The zero-order chi connectivity index (χ0) is 15.4. The van der Waals surface area contributed by atoms with Gasteiger partial charge in [-0.15, -0.1) is 0 Å². The Hall–Kier alpha value is -1.99. The molecule has 1 heterocycles. The molecule has 21 heavy (non-hydrogen) atoms. The Labute approximate surface area is 129 Å². The first-order valence-corrected chi connectivity index (χ1v) is 7.03. The van der Waals surface area contributed by atoms with Crippen LogP contribution in [0.5, 0.6) is 0 Å². The number of carbonyl (C=O) groups is 2. The number of Topliss-reactive ketones (excluding diaryl/α,β-unsaturated/α-hetero) is 1. The lowest BCUT2D eigenvalue weighted by atomic mass is 10.1. The number of ketones is 1. The van der Waals surface area contributed by atoms with Crippen LogP contribution >= 0.6 is 15.9 Å². The molecule has 110 valence electrons. The first kappa shape index (κ1) is 15.4. The van der Waals surface area contributed by atoms with E-state index in [4.69, 9.17) is 10.8 Å². The van der Waals surface area contributed by atoms with Gasteiger partial charge in [-0.05, 0) is 12.1 Å². The van der Waals surface area contributed by atoms with Gasteiger partial charge in [0.1, 0.15) is 6.04 Å². The van der Waals surface area contributed by atoms with Crippen molar-refractivity contribution in [3.05, 3.63) is 52.5 Å². The highest BCUT2D eigenvalue weighted by molar-refractivity contribution is 9.10. The number of nitrogens with zero attached hydrogens (tertiary/aromatic N) is 2. The van der Waals surface area contributed by atoms with Crippen molar-refractivity contribution in [1.29, 1.82) is 0 Å². The molecule has 0 aliphatic carbocycles. The molecule has 1 aromatic carbocycles. The summed E-state index contributed by atoms with van der Waals surface area (Å²) < 4.78 is 2.52. The van der Waals surface area contributed by atoms with Gasteiger partial charge in [0.15, 0.2) is 5.78 Å². The standard InChI is InChI=1S/C14H14BrN3O3/c15-10-3-1-9(2-4-10)13(19)7-18-8-17-6-11(18)5-12(16)14(20)21/h1-4,6,8,12H,5,7,16H2,(H,20,21)/t12-/m0/s1. The highest BCUT2D eigenvalue weighted by Crippen LogP contribution is 2.12. The summed E-state index contributed by atoms with van der Waals surface area (Å²) in [5.41, 5.74) is 6.71. The molecule has 6 nitrogen and oxygen atoms in total. The molecular formula is C14H14BrN3O3. The quantitative estimate of drug-likeness (QED) is 0.768. The number of carboxylic acids is 1. The van der Waals surface area contributed by atoms with Gasteiger partial charge in [0, 0.05) is 28.3 Å². The van der Waals surface area contributed by atoms with Gasteiger partial charge in [-0.25, -0.2) is 4.98 Å². The van der Waals surface area contributed by atoms with E-state index in [9.17, 15) is 9.59 Å². The molecule has 3 N–H and O–H groups in total. The van der Waals surface area contributed by atoms with Crippen LogP contribution in [-0.4, -0.2) is 32.5 Å². The van der Waals surface area contributed by atoms with Crippen molar-refractivity contribution in [2.45, 2.75) is 19.0 Å². The summed E-state index contributed by atoms with van der Waals surface area (Å²) in [6.07, 6.45) is 3.15. The van der Waals surface area contributed by atoms with E-state index in [0.29, 0.717) is 11.3 Å². The molecule has 0 fully saturated rings. The Morgan fingerprint density at radius 2 is 2.00 bits per heavy atom. The summed E-state index contributed by atoms with van der Waals surface area (Å²) in [5.74, 6) is -1.16. The van der Waals surface area contributed by atoms with E-state index in [1.54, 1.807) is 28.8 Å². The monoisotopic (exact) mass is 351 g/mol. The maximum Gasteiger partial charge on any atom is 0.320 e. The van der Waals surface area contributed by atoms with E-state index >= 15 is 0 Å². The average Bonchev–Trinajstić information content (AvgIpc) is 2.86. The van der Waals surface area contributed by atoms with Crippen LogP contribution in [0.2, 0.25) is 0 Å². The summed E-state index contributed by atoms with van der Waals surface area (Å²) in [5, 5.41) is 8.83. The van der Waals surface area contributed by atoms with Crippen molar-refractivity contribution in [2.75, 3.05) is 0 Å². The number of aromatic nitrogens is 2. The van der Waals surface area contributed by atoms with Gasteiger partial charge in [-0.1, -0.05) is 28.1 Å². The molecule has 7 heteroatoms. The van der Waals surface area contributed by atoms with E-state index in [1.165, 1.54) is 12.5 Å². The third-order valence-corrected chi connectivity index (χ3v) is 3.55. The molecule has 0 radical (unpaired) electrons. The highest BCUT2D eigenvalue weighted by Gasteiger charge is 2.16. The van der Waals surface area contributed by atoms with E-state index in [1.807, 2.05) is 0 Å². The molecule has 2 aromatic rings. The van der Waals surface area contributed by atoms with Crippen molar-refractivity contribution in [2.24, 2.45) is 5.73 Å². The number of halogens is 1. The second kappa shape index (κ2) is 6.64. The molecule has 0 spiro atoms. The van der Waals surface area contributed by atoms with Crippen molar-refractivity contribution in [3.8, 4) is 0 Å². The normalized spacial score (nSPS) is 12.1. The maximum atomic E-state index is 12.2. The Morgan fingerprint density at radius 3 is 2.62 bits per heavy atom. The molecule has 1 aromatic heterocycles. The summed E-state index contributed by atoms with van der Waals surface area (Å²) in [6, 6.07) is 6.03. The SMILES string of the molecule is N[C@@H](Cc1cncn1CC(=O)c1ccc(Br)cc1)C(=O)O. The van der Waals surface area contributed by atoms with Crippen LogP contribution < -0.4 is 5.73 Å². The molecule has 0 bridgehead atoms. The minimum absolute atomic E-state index is 0.0781. The minimum Gasteiger partial charge on any atom is -0.480 e. The molecule has 0 aliphatic rings. The second-order valence-electron chi connectivity index (χ2n) is 4.59. The minimum atomic E-state index is -1.08. The molecule has 0 aliphatic heterocycles. The van der Waals surface area contributed by atoms with Crippen LogP contribution in [0.25, 0.3) is 0 Å². The van der Waals surface area contributed by atoms with Crippen LogP contribution in [-0.2, 0) is 17.8 Å². The van der Waals surface area contributed by atoms with E-state index in [2.05, 4.69) is 20.9 Å². The van der Waals surface area contributed by atoms with Crippen LogP contribution in [0, 0.1) is 0 Å². The first-order chi connectivity index (χ1) is 9.97. The Kier molecular flexibility index (Phi) is 4.87. The number of rotatable bonds is 6. The number of carbonyl (C=O) groups excluding carboxylic acids is 1. The van der Waals surface area contributed by atoms with Crippen LogP contribution in [0.3, 0.4) is 0 Å². The first-order valence-electron chi connectivity index (χ1n) is 6.23. The lowest BCUT2D eigenvalue weighted by Crippen LogP contribution is -2.33. The summed E-state index contributed by atoms with van der Waals surface area (Å²) >= 11 is 3.31. The maximum absolute atomic E-state index is 12.2. The van der Waals surface area contributed by atoms with Gasteiger partial charge < -0.3 is 15.4 Å². The number of benzene rings is 1. The fraction of sp³-hybridized carbons (Fsp3) is 0.214. The molecular weight excluding hydrogens is 338 g/mol. The Balaban J connectivity index is 2.10. The van der Waals surface area contributed by atoms with Crippen molar-refractivity contribution in [1.82, 2.24) is 9.55 Å². The largest absolute Gasteiger partial charge is 0.480 e. The predicted octanol–water partition coefficient (Wildman–Crippen LogP) is 1.48. The van der Waals surface area contributed by atoms with E-state index in [0.717, 1.165) is 4.47 Å². The van der Waals surface area contributed by atoms with Gasteiger partial charge in [-0.3, -0.25) is 9.59 Å². The highest BCUT2D eigenvalue weighted by atomic mass is 79.9. The smallest absolute Gasteiger partial charge is 0.320 e. The van der Waals surface area contributed by atoms with Crippen molar-refractivity contribution >= 4 is 27.7 Å². The summed E-state index contributed by atoms with van der Waals surface area (Å²) in [4.78, 5) is 26.9. The fourth-order valence-electron chi connectivity index (χ4n) is 1.85. The number of hydrogen-bond donors (Lipinski definition) is 2. The molecule has 0 saturated carbocycles.